The van der Waals surface area contributed by atoms with Crippen molar-refractivity contribution in [1.29, 1.82) is 0 Å². The van der Waals surface area contributed by atoms with E-state index in [1.807, 2.05) is 30.3 Å². The van der Waals surface area contributed by atoms with Gasteiger partial charge in [-0.05, 0) is 49.4 Å². The Bertz CT molecular complexity index is 839. The van der Waals surface area contributed by atoms with Gasteiger partial charge in [0.2, 0.25) is 10.0 Å². The summed E-state index contributed by atoms with van der Waals surface area (Å²) >= 11 is 0. The number of nitrogens with zero attached hydrogens (tertiary/aromatic N) is 1. The van der Waals surface area contributed by atoms with E-state index in [4.69, 9.17) is 4.74 Å². The lowest BCUT2D eigenvalue weighted by molar-refractivity contribution is 0.321. The zero-order valence-corrected chi connectivity index (χ0v) is 15.7. The first-order valence-corrected chi connectivity index (χ1v) is 10.4. The van der Waals surface area contributed by atoms with Crippen LogP contribution >= 0.6 is 0 Å². The van der Waals surface area contributed by atoms with Crippen LogP contribution in [0, 0.1) is 5.82 Å². The number of benzene rings is 2. The number of halogens is 1. The van der Waals surface area contributed by atoms with Crippen LogP contribution in [0.15, 0.2) is 53.4 Å². The van der Waals surface area contributed by atoms with Crippen molar-refractivity contribution in [1.82, 2.24) is 4.31 Å². The van der Waals surface area contributed by atoms with Gasteiger partial charge in [0.25, 0.3) is 0 Å². The van der Waals surface area contributed by atoms with Gasteiger partial charge < -0.3 is 4.74 Å². The minimum atomic E-state index is -3.74. The molecule has 4 nitrogen and oxygen atoms in total. The maximum atomic E-state index is 14.1. The average molecular weight is 377 g/mol. The molecule has 1 saturated heterocycles. The lowest BCUT2D eigenvalue weighted by Crippen LogP contribution is -2.34. The summed E-state index contributed by atoms with van der Waals surface area (Å²) < 4.78 is 46.9. The van der Waals surface area contributed by atoms with E-state index in [0.29, 0.717) is 19.7 Å². The van der Waals surface area contributed by atoms with Gasteiger partial charge in [-0.3, -0.25) is 0 Å². The van der Waals surface area contributed by atoms with Crippen LogP contribution in [0.5, 0.6) is 5.75 Å². The third-order valence-corrected chi connectivity index (χ3v) is 6.61. The number of hydrogen-bond donors (Lipinski definition) is 0. The van der Waals surface area contributed by atoms with Crippen LogP contribution in [0.25, 0.3) is 0 Å². The maximum Gasteiger partial charge on any atom is 0.243 e. The molecule has 140 valence electrons. The van der Waals surface area contributed by atoms with Gasteiger partial charge in [-0.1, -0.05) is 36.8 Å². The fourth-order valence-electron chi connectivity index (χ4n) is 3.39. The van der Waals surface area contributed by atoms with Crippen molar-refractivity contribution in [3.05, 3.63) is 59.9 Å². The summed E-state index contributed by atoms with van der Waals surface area (Å²) in [5, 5.41) is 0. The second kappa shape index (κ2) is 8.18. The van der Waals surface area contributed by atoms with Gasteiger partial charge in [0.15, 0.2) is 11.6 Å². The van der Waals surface area contributed by atoms with Crippen LogP contribution < -0.4 is 4.74 Å². The van der Waals surface area contributed by atoms with Crippen molar-refractivity contribution in [2.45, 2.75) is 37.0 Å². The van der Waals surface area contributed by atoms with Crippen LogP contribution in [0.1, 0.15) is 37.7 Å². The maximum absolute atomic E-state index is 14.1. The highest BCUT2D eigenvalue weighted by molar-refractivity contribution is 7.89. The molecule has 0 saturated carbocycles. The summed E-state index contributed by atoms with van der Waals surface area (Å²) in [7, 11) is -3.74. The van der Waals surface area contributed by atoms with E-state index in [2.05, 4.69) is 0 Å². The second-order valence-electron chi connectivity index (χ2n) is 6.49. The molecule has 3 rings (SSSR count). The van der Waals surface area contributed by atoms with Gasteiger partial charge in [0.1, 0.15) is 0 Å². The van der Waals surface area contributed by atoms with Crippen molar-refractivity contribution < 1.29 is 17.5 Å². The van der Waals surface area contributed by atoms with E-state index < -0.39 is 15.8 Å². The molecule has 0 radical (unpaired) electrons. The molecule has 1 unspecified atom stereocenters. The molecule has 6 heteroatoms. The van der Waals surface area contributed by atoms with E-state index in [-0.39, 0.29) is 16.6 Å². The van der Waals surface area contributed by atoms with Gasteiger partial charge in [-0.15, -0.1) is 0 Å². The molecule has 0 aliphatic carbocycles. The summed E-state index contributed by atoms with van der Waals surface area (Å²) in [5.41, 5.74) is 1.15. The highest BCUT2D eigenvalue weighted by Crippen LogP contribution is 2.30. The fourth-order valence-corrected chi connectivity index (χ4v) is 4.92. The van der Waals surface area contributed by atoms with E-state index >= 15 is 0 Å². The van der Waals surface area contributed by atoms with E-state index in [1.165, 1.54) is 16.4 Å². The smallest absolute Gasteiger partial charge is 0.243 e. The topological polar surface area (TPSA) is 46.6 Å². The van der Waals surface area contributed by atoms with E-state index in [0.717, 1.165) is 30.9 Å². The van der Waals surface area contributed by atoms with Gasteiger partial charge >= 0.3 is 0 Å². The molecule has 1 heterocycles. The average Bonchev–Trinajstić information content (AvgIpc) is 2.91. The molecule has 26 heavy (non-hydrogen) atoms. The van der Waals surface area contributed by atoms with E-state index in [1.54, 1.807) is 6.92 Å². The highest BCUT2D eigenvalue weighted by atomic mass is 32.2. The normalized spacial score (nSPS) is 19.1. The lowest BCUT2D eigenvalue weighted by atomic mass is 9.95. The molecule has 0 bridgehead atoms. The third kappa shape index (κ3) is 4.07. The Morgan fingerprint density at radius 3 is 2.62 bits per heavy atom. The Balaban J connectivity index is 1.86. The molecule has 2 aromatic rings. The van der Waals surface area contributed by atoms with Gasteiger partial charge in [0.05, 0.1) is 11.5 Å². The standard InChI is InChI=1S/C20H24FNO3S/c1-2-25-20-12-11-18(14-19(20)21)26(23,24)22-13-7-6-10-17(15-22)16-8-4-3-5-9-16/h3-5,8-9,11-12,14,17H,2,6-7,10,13,15H2,1H3. The van der Waals surface area contributed by atoms with Crippen LogP contribution in [0.4, 0.5) is 4.39 Å². The minimum absolute atomic E-state index is 0.0211. The highest BCUT2D eigenvalue weighted by Gasteiger charge is 2.30. The largest absolute Gasteiger partial charge is 0.491 e. The molecule has 2 aromatic carbocycles. The zero-order chi connectivity index (χ0) is 18.6. The molecule has 0 N–H and O–H groups in total. The van der Waals surface area contributed by atoms with Crippen molar-refractivity contribution in [2.24, 2.45) is 0 Å². The third-order valence-electron chi connectivity index (χ3n) is 4.75. The Kier molecular flexibility index (Phi) is 5.94. The summed E-state index contributed by atoms with van der Waals surface area (Å²) in [5.74, 6) is -0.423. The zero-order valence-electron chi connectivity index (χ0n) is 14.9. The monoisotopic (exact) mass is 377 g/mol. The number of hydrogen-bond acceptors (Lipinski definition) is 3. The lowest BCUT2D eigenvalue weighted by Gasteiger charge is -2.24. The summed E-state index contributed by atoms with van der Waals surface area (Å²) in [6.07, 6.45) is 2.74. The van der Waals surface area contributed by atoms with Crippen LogP contribution in [-0.2, 0) is 10.0 Å². The van der Waals surface area contributed by atoms with Crippen molar-refractivity contribution in [3.63, 3.8) is 0 Å². The van der Waals surface area contributed by atoms with E-state index in [9.17, 15) is 12.8 Å². The molecule has 1 aliphatic rings. The SMILES string of the molecule is CCOc1ccc(S(=O)(=O)N2CCCCC(c3ccccc3)C2)cc1F. The molecule has 1 atom stereocenters. The van der Waals surface area contributed by atoms with Crippen molar-refractivity contribution in [3.8, 4) is 5.75 Å². The fraction of sp³-hybridized carbons (Fsp3) is 0.400. The Hall–Kier alpha value is -1.92. The minimum Gasteiger partial charge on any atom is -0.491 e. The van der Waals surface area contributed by atoms with Crippen LogP contribution in [-0.4, -0.2) is 32.4 Å². The van der Waals surface area contributed by atoms with Gasteiger partial charge in [-0.2, -0.15) is 4.31 Å². The number of ether oxygens (including phenoxy) is 1. The van der Waals surface area contributed by atoms with Gasteiger partial charge in [-0.25, -0.2) is 12.8 Å². The Morgan fingerprint density at radius 2 is 1.92 bits per heavy atom. The number of sulfonamides is 1. The summed E-state index contributed by atoms with van der Waals surface area (Å²) in [6, 6.07) is 13.8. The number of rotatable bonds is 5. The molecular weight excluding hydrogens is 353 g/mol. The first kappa shape index (κ1) is 18.9. The molecular formula is C20H24FNO3S. The predicted molar refractivity (Wildman–Crippen MR) is 99.4 cm³/mol. The quantitative estimate of drug-likeness (QED) is 0.785. The summed E-state index contributed by atoms with van der Waals surface area (Å²) in [6.45, 7) is 2.96. The molecule has 0 amide bonds. The van der Waals surface area contributed by atoms with Crippen LogP contribution in [0.2, 0.25) is 0 Å². The first-order valence-electron chi connectivity index (χ1n) is 9.00. The molecule has 1 aliphatic heterocycles. The van der Waals surface area contributed by atoms with Crippen molar-refractivity contribution in [2.75, 3.05) is 19.7 Å². The molecule has 0 aromatic heterocycles. The molecule has 0 spiro atoms. The second-order valence-corrected chi connectivity index (χ2v) is 8.43. The molecule has 1 fully saturated rings. The van der Waals surface area contributed by atoms with Crippen molar-refractivity contribution >= 4 is 10.0 Å². The predicted octanol–water partition coefficient (Wildman–Crippen LogP) is 4.18. The summed E-state index contributed by atoms with van der Waals surface area (Å²) in [4.78, 5) is -0.0211. The Labute approximate surface area is 154 Å². The van der Waals surface area contributed by atoms with Crippen LogP contribution in [0.3, 0.4) is 0 Å². The Morgan fingerprint density at radius 1 is 1.15 bits per heavy atom. The van der Waals surface area contributed by atoms with Gasteiger partial charge in [0, 0.05) is 13.1 Å². The first-order chi connectivity index (χ1) is 12.5.